The molecule has 0 aliphatic carbocycles. The van der Waals surface area contributed by atoms with Crippen LogP contribution in [0.1, 0.15) is 69.0 Å². The van der Waals surface area contributed by atoms with Crippen molar-refractivity contribution in [2.75, 3.05) is 16.8 Å². The molecule has 0 saturated heterocycles. The molecular weight excluding hydrogens is 1380 g/mol. The second-order valence-corrected chi connectivity index (χ2v) is 23.8. The van der Waals surface area contributed by atoms with Gasteiger partial charge in [0.1, 0.15) is 34.9 Å². The van der Waals surface area contributed by atoms with Crippen molar-refractivity contribution in [3.8, 4) is 45.4 Å². The first-order valence-electron chi connectivity index (χ1n) is 31.6. The van der Waals surface area contributed by atoms with Crippen molar-refractivity contribution in [2.24, 2.45) is 11.5 Å². The predicted molar refractivity (Wildman–Crippen MR) is 407 cm³/mol. The first-order valence-corrected chi connectivity index (χ1v) is 32.3. The van der Waals surface area contributed by atoms with Crippen LogP contribution >= 0.6 is 23.2 Å². The van der Waals surface area contributed by atoms with E-state index in [2.05, 4.69) is 45.0 Å². The first kappa shape index (κ1) is 76.4. The van der Waals surface area contributed by atoms with Crippen LogP contribution in [0.3, 0.4) is 0 Å². The van der Waals surface area contributed by atoms with E-state index in [0.717, 1.165) is 52.5 Å². The monoisotopic (exact) mass is 1450 g/mol. The number of aromatic nitrogens is 10. The van der Waals surface area contributed by atoms with Gasteiger partial charge in [0, 0.05) is 87.6 Å². The molecule has 0 aliphatic heterocycles. The first-order chi connectivity index (χ1) is 50.0. The number of halogens is 5. The molecule has 6 aromatic carbocycles. The zero-order valence-electron chi connectivity index (χ0n) is 55.4. The number of hydrogen-bond acceptors (Lipinski definition) is 18. The number of nitrogens with one attached hydrogen (secondary N) is 1. The molecule has 105 heavy (non-hydrogen) atoms. The van der Waals surface area contributed by atoms with E-state index in [1.165, 1.54) is 36.9 Å². The lowest BCUT2D eigenvalue weighted by Gasteiger charge is -2.22. The minimum atomic E-state index is -1.65. The molecule has 526 valence electrons. The zero-order valence-corrected chi connectivity index (χ0v) is 56.9. The lowest BCUT2D eigenvalue weighted by atomic mass is 9.82. The number of anilines is 3. The van der Waals surface area contributed by atoms with Gasteiger partial charge in [-0.3, -0.25) is 43.0 Å². The molecule has 22 nitrogen and oxygen atoms in total. The predicted octanol–water partition coefficient (Wildman–Crippen LogP) is 13.3. The Balaban J connectivity index is 0.000000164. The smallest absolute Gasteiger partial charge is 0.423 e. The Kier molecular flexibility index (Phi) is 25.3. The van der Waals surface area contributed by atoms with Crippen molar-refractivity contribution in [1.29, 1.82) is 5.26 Å². The lowest BCUT2D eigenvalue weighted by Crippen LogP contribution is -2.30. The van der Waals surface area contributed by atoms with Crippen LogP contribution in [-0.2, 0) is 0 Å². The van der Waals surface area contributed by atoms with Crippen LogP contribution in [0.5, 0.6) is 0 Å². The molecule has 0 radical (unpaired) electrons. The van der Waals surface area contributed by atoms with Crippen LogP contribution in [0, 0.1) is 35.4 Å². The second kappa shape index (κ2) is 34.7. The molecule has 8 aromatic heterocycles. The number of rotatable bonds is 11. The highest BCUT2D eigenvalue weighted by Gasteiger charge is 2.23. The zero-order chi connectivity index (χ0) is 74.3. The topological polar surface area (TPSA) is 341 Å². The number of fused-ring (bicyclic) bond motifs is 3. The molecule has 0 unspecified atom stereocenters. The molecule has 14 aromatic rings. The molecule has 8 heterocycles. The molecule has 28 heteroatoms. The number of pyridine rings is 6. The van der Waals surface area contributed by atoms with Gasteiger partial charge in [0.25, 0.3) is 16.7 Å². The molecule has 0 aliphatic rings. The number of nitrogens with zero attached hydrogens (tertiary/aromatic N) is 12. The summed E-state index contributed by atoms with van der Waals surface area (Å²) < 4.78 is 44.8. The fourth-order valence-corrected chi connectivity index (χ4v) is 11.5. The average molecular weight is 1450 g/mol. The fourth-order valence-electron chi connectivity index (χ4n) is 11.1. The quantitative estimate of drug-likeness (QED) is 0.0359. The molecule has 0 bridgehead atoms. The third-order valence-corrected chi connectivity index (χ3v) is 16.4. The highest BCUT2D eigenvalue weighted by Crippen LogP contribution is 2.34. The summed E-state index contributed by atoms with van der Waals surface area (Å²) in [6.45, 7) is 13.0. The second-order valence-electron chi connectivity index (χ2n) is 23.0. The van der Waals surface area contributed by atoms with E-state index in [1.807, 2.05) is 172 Å². The van der Waals surface area contributed by atoms with Crippen LogP contribution in [-0.4, -0.2) is 65.8 Å². The van der Waals surface area contributed by atoms with E-state index >= 15 is 0 Å². The summed E-state index contributed by atoms with van der Waals surface area (Å²) in [5.74, 6) is -1.13. The van der Waals surface area contributed by atoms with Crippen LogP contribution < -0.4 is 50.4 Å². The van der Waals surface area contributed by atoms with Crippen LogP contribution in [0.2, 0.25) is 10.2 Å². The Hall–Kier alpha value is -12.8. The Labute approximate surface area is 609 Å². The summed E-state index contributed by atoms with van der Waals surface area (Å²) in [5.41, 5.74) is 29.6. The van der Waals surface area contributed by atoms with Gasteiger partial charge in [-0.1, -0.05) is 134 Å². The Morgan fingerprint density at radius 3 is 1.36 bits per heavy atom. The third kappa shape index (κ3) is 17.9. The van der Waals surface area contributed by atoms with E-state index in [1.54, 1.807) is 38.1 Å². The van der Waals surface area contributed by atoms with Crippen molar-refractivity contribution >= 4 is 91.5 Å². The Bertz CT molecular complexity index is 5740. The van der Waals surface area contributed by atoms with Gasteiger partial charge in [-0.05, 0) is 127 Å². The maximum atomic E-state index is 14.1. The normalized spacial score (nSPS) is 11.4. The van der Waals surface area contributed by atoms with Gasteiger partial charge >= 0.3 is 7.12 Å². The maximum absolute atomic E-state index is 14.1. The molecule has 14 rings (SSSR count). The van der Waals surface area contributed by atoms with Gasteiger partial charge in [-0.15, -0.1) is 0 Å². The number of nitrogen functional groups attached to an aromatic ring is 2. The van der Waals surface area contributed by atoms with Crippen LogP contribution in [0.4, 0.5) is 36.6 Å². The Morgan fingerprint density at radius 2 is 0.943 bits per heavy atom. The number of nitrogens with two attached hydrogens (primary N) is 4. The third-order valence-electron chi connectivity index (χ3n) is 15.8. The summed E-state index contributed by atoms with van der Waals surface area (Å²) in [4.78, 5) is 70.4. The fraction of sp³-hybridized carbons (Fsp3) is 0.0909. The van der Waals surface area contributed by atoms with E-state index in [4.69, 9.17) is 68.0 Å². The summed E-state index contributed by atoms with van der Waals surface area (Å²) in [7, 11) is -1.65. The molecule has 3 atom stereocenters. The molecule has 0 amide bonds. The molecule has 0 saturated carbocycles. The van der Waals surface area contributed by atoms with Crippen molar-refractivity contribution in [2.45, 2.75) is 46.3 Å². The van der Waals surface area contributed by atoms with Crippen molar-refractivity contribution in [3.63, 3.8) is 0 Å². The van der Waals surface area contributed by atoms with Crippen molar-refractivity contribution < 1.29 is 23.2 Å². The minimum absolute atomic E-state index is 0. The summed E-state index contributed by atoms with van der Waals surface area (Å²) in [6, 6.07) is 54.8. The van der Waals surface area contributed by atoms with E-state index < -0.39 is 30.6 Å². The molecule has 11 N–H and O–H groups in total. The molecule has 0 fully saturated rings. The minimum Gasteiger partial charge on any atom is -0.423 e. The SMILES string of the molecule is C.C[C@H](N)c1cc2cccc(-c3cncc(F)c3)c2c(=O)n1-c1ccccc1.C[C@H](N)c1cc2cccc(Cl)c2c(=O)n1-c1ccccc1.N#Cc1cnc(N)nc1Cl.OB(O)c1cncc(F)c1.[C-]#[N+]c1cnc(N)nc1N[C@@H](C)c1cc2cccc(-c3cncc(F)c3)c2c(=O)n1-c1ccccc1. The highest BCUT2D eigenvalue weighted by molar-refractivity contribution is 6.58. The van der Waals surface area contributed by atoms with E-state index in [9.17, 15) is 27.6 Å². The highest BCUT2D eigenvalue weighted by atomic mass is 35.5. The standard InChI is InChI=1S/C27H20FN7O.C22H18FN3O.C17H15ClN2O.C5H5BFNO2.C5H3ClN4.CH4/c1-16(33-25-22(30-2)15-32-27(29)34-25)23-12-17-7-6-10-21(18-11-19(28)14-31-13-18)24(17)26(36)35(23)20-8-4-3-5-9-20;1-14(24)20-11-15-6-5-9-19(16-10-17(23)13-25-12-16)21(15)22(27)26(20)18-7-3-2-4-8-18;1-11(19)15-10-12-6-5-9-14(18)16(12)17(21)20(15)13-7-3-2-4-8-13;7-5-1-4(6(9)10)2-8-3-5;6-4-3(1-7)2-9-5(8)10-4;/h3-16H,1H3,(H3,29,32,33,34);2-14H,24H2,1H3;2-11H,19H2,1H3;1-3,9-10H;2H,(H2,8,9,10);1H4/t16-;14-;11-;;;/m000.../s1. The lowest BCUT2D eigenvalue weighted by molar-refractivity contribution is 0.425. The summed E-state index contributed by atoms with van der Waals surface area (Å²) in [5, 5.41) is 32.8. The van der Waals surface area contributed by atoms with Crippen molar-refractivity contribution in [3.05, 3.63) is 324 Å². The van der Waals surface area contributed by atoms with E-state index in [-0.39, 0.29) is 75.8 Å². The number of benzene rings is 6. The summed E-state index contributed by atoms with van der Waals surface area (Å²) in [6.07, 6.45) is 10.2. The van der Waals surface area contributed by atoms with Gasteiger partial charge < -0.3 is 38.3 Å². The van der Waals surface area contributed by atoms with Crippen LogP contribution in [0.25, 0.3) is 76.5 Å². The van der Waals surface area contributed by atoms with Crippen LogP contribution in [0.15, 0.2) is 246 Å². The van der Waals surface area contributed by atoms with E-state index in [0.29, 0.717) is 65.9 Å². The van der Waals surface area contributed by atoms with Gasteiger partial charge in [-0.25, -0.2) is 33.0 Å². The van der Waals surface area contributed by atoms with Crippen molar-refractivity contribution in [1.82, 2.24) is 48.6 Å². The van der Waals surface area contributed by atoms with Gasteiger partial charge in [-0.2, -0.15) is 10.2 Å². The Morgan fingerprint density at radius 1 is 0.533 bits per heavy atom. The molecule has 0 spiro atoms. The summed E-state index contributed by atoms with van der Waals surface area (Å²) >= 11 is 11.7. The average Bonchev–Trinajstić information content (AvgIpc) is 0.757. The maximum Gasteiger partial charge on any atom is 0.490 e. The molecular formula is C77H65BCl2F3N17O5. The number of nitriles is 1. The number of hydrogen-bond donors (Lipinski definition) is 7. The van der Waals surface area contributed by atoms with Gasteiger partial charge in [0.2, 0.25) is 17.6 Å². The largest absolute Gasteiger partial charge is 0.490 e. The van der Waals surface area contributed by atoms with Gasteiger partial charge in [0.15, 0.2) is 5.15 Å². The van der Waals surface area contributed by atoms with Gasteiger partial charge in [0.05, 0.1) is 58.6 Å². The number of para-hydroxylation sites is 3.